The Balaban J connectivity index is 1.46. The highest BCUT2D eigenvalue weighted by molar-refractivity contribution is 9.10. The van der Waals surface area contributed by atoms with Gasteiger partial charge >= 0.3 is 0 Å². The Kier molecular flexibility index (Phi) is 5.88. The van der Waals surface area contributed by atoms with E-state index in [1.807, 2.05) is 36.4 Å². The van der Waals surface area contributed by atoms with Gasteiger partial charge in [-0.2, -0.15) is 0 Å². The van der Waals surface area contributed by atoms with E-state index >= 15 is 0 Å². The average Bonchev–Trinajstić information content (AvgIpc) is 3.09. The molecule has 0 atom stereocenters. The van der Waals surface area contributed by atoms with Gasteiger partial charge in [0.1, 0.15) is 0 Å². The molecule has 24 heavy (non-hydrogen) atoms. The molecule has 4 nitrogen and oxygen atoms in total. The van der Waals surface area contributed by atoms with Gasteiger partial charge in [-0.25, -0.2) is 0 Å². The molecule has 1 fully saturated rings. The van der Waals surface area contributed by atoms with Crippen molar-refractivity contribution >= 4 is 33.2 Å². The molecular formula is C19H22BrN3O. The van der Waals surface area contributed by atoms with Crippen LogP contribution in [0.25, 0.3) is 0 Å². The Labute approximate surface area is 151 Å². The number of anilines is 2. The van der Waals surface area contributed by atoms with Crippen LogP contribution in [0.2, 0.25) is 0 Å². The minimum Gasteiger partial charge on any atom is -0.376 e. The van der Waals surface area contributed by atoms with Crippen molar-refractivity contribution in [1.29, 1.82) is 0 Å². The monoisotopic (exact) mass is 387 g/mol. The molecule has 0 bridgehead atoms. The zero-order chi connectivity index (χ0) is 16.8. The Morgan fingerprint density at radius 3 is 2.25 bits per heavy atom. The first-order valence-electron chi connectivity index (χ1n) is 8.30. The smallest absolute Gasteiger partial charge is 0.243 e. The second-order valence-corrected chi connectivity index (χ2v) is 7.00. The molecule has 3 rings (SSSR count). The number of carbonyl (C=O) groups is 1. The molecule has 1 aliphatic heterocycles. The fourth-order valence-corrected chi connectivity index (χ4v) is 3.11. The summed E-state index contributed by atoms with van der Waals surface area (Å²) in [6, 6.07) is 15.9. The van der Waals surface area contributed by atoms with E-state index in [1.165, 1.54) is 31.5 Å². The molecular weight excluding hydrogens is 366 g/mol. The van der Waals surface area contributed by atoms with Gasteiger partial charge in [0.15, 0.2) is 0 Å². The highest BCUT2D eigenvalue weighted by Gasteiger charge is 2.11. The molecule has 0 radical (unpaired) electrons. The van der Waals surface area contributed by atoms with E-state index in [1.54, 1.807) is 0 Å². The maximum Gasteiger partial charge on any atom is 0.243 e. The lowest BCUT2D eigenvalue weighted by molar-refractivity contribution is -0.114. The second-order valence-electron chi connectivity index (χ2n) is 6.09. The minimum absolute atomic E-state index is 0.0507. The Bertz CT molecular complexity index is 664. The van der Waals surface area contributed by atoms with Crippen LogP contribution in [-0.4, -0.2) is 30.4 Å². The molecule has 1 amide bonds. The molecule has 0 saturated carbocycles. The summed E-state index contributed by atoms with van der Waals surface area (Å²) in [4.78, 5) is 14.5. The van der Waals surface area contributed by atoms with Crippen LogP contribution in [0, 0.1) is 0 Å². The van der Waals surface area contributed by atoms with Crippen LogP contribution in [0.3, 0.4) is 0 Å². The predicted octanol–water partition coefficient (Wildman–Crippen LogP) is 4.10. The summed E-state index contributed by atoms with van der Waals surface area (Å²) < 4.78 is 1.02. The van der Waals surface area contributed by atoms with Gasteiger partial charge in [-0.1, -0.05) is 28.1 Å². The Morgan fingerprint density at radius 1 is 0.958 bits per heavy atom. The normalized spacial score (nSPS) is 14.5. The van der Waals surface area contributed by atoms with Crippen molar-refractivity contribution in [2.45, 2.75) is 19.4 Å². The van der Waals surface area contributed by atoms with Crippen molar-refractivity contribution in [2.24, 2.45) is 0 Å². The van der Waals surface area contributed by atoms with Crippen molar-refractivity contribution < 1.29 is 4.79 Å². The molecule has 1 heterocycles. The standard InChI is InChI=1S/C19H22BrN3O/c20-16-5-9-17(10-6-16)21-13-19(24)22-18-7-3-15(4-8-18)14-23-11-1-2-12-23/h3-10,21H,1-2,11-14H2,(H,22,24). The third kappa shape index (κ3) is 5.08. The molecule has 1 saturated heterocycles. The molecule has 1 aliphatic rings. The van der Waals surface area contributed by atoms with Crippen molar-refractivity contribution in [1.82, 2.24) is 4.90 Å². The average molecular weight is 388 g/mol. The fraction of sp³-hybridized carbons (Fsp3) is 0.316. The van der Waals surface area contributed by atoms with Crippen LogP contribution >= 0.6 is 15.9 Å². The molecule has 0 unspecified atom stereocenters. The van der Waals surface area contributed by atoms with Crippen molar-refractivity contribution in [3.63, 3.8) is 0 Å². The van der Waals surface area contributed by atoms with Gasteiger partial charge in [-0.3, -0.25) is 9.69 Å². The number of likely N-dealkylation sites (tertiary alicyclic amines) is 1. The molecule has 5 heteroatoms. The van der Waals surface area contributed by atoms with E-state index in [-0.39, 0.29) is 12.5 Å². The zero-order valence-corrected chi connectivity index (χ0v) is 15.2. The van der Waals surface area contributed by atoms with Crippen molar-refractivity contribution in [3.8, 4) is 0 Å². The van der Waals surface area contributed by atoms with Gasteiger partial charge < -0.3 is 10.6 Å². The topological polar surface area (TPSA) is 44.4 Å². The number of nitrogens with one attached hydrogen (secondary N) is 2. The highest BCUT2D eigenvalue weighted by Crippen LogP contribution is 2.16. The molecule has 126 valence electrons. The number of halogens is 1. The number of benzene rings is 2. The number of hydrogen-bond acceptors (Lipinski definition) is 3. The van der Waals surface area contributed by atoms with Crippen molar-refractivity contribution in [2.75, 3.05) is 30.3 Å². The van der Waals surface area contributed by atoms with Gasteiger partial charge in [0.2, 0.25) is 5.91 Å². The fourth-order valence-electron chi connectivity index (χ4n) is 2.85. The summed E-state index contributed by atoms with van der Waals surface area (Å²) in [5.74, 6) is -0.0507. The molecule has 0 spiro atoms. The van der Waals surface area contributed by atoms with E-state index in [9.17, 15) is 4.79 Å². The summed E-state index contributed by atoms with van der Waals surface area (Å²) in [5.41, 5.74) is 3.06. The SMILES string of the molecule is O=C(CNc1ccc(Br)cc1)Nc1ccc(CN2CCCC2)cc1. The van der Waals surface area contributed by atoms with E-state index < -0.39 is 0 Å². The molecule has 2 aromatic rings. The van der Waals surface area contributed by atoms with Crippen LogP contribution in [0.4, 0.5) is 11.4 Å². The van der Waals surface area contributed by atoms with Crippen LogP contribution in [-0.2, 0) is 11.3 Å². The minimum atomic E-state index is -0.0507. The van der Waals surface area contributed by atoms with Gasteiger partial charge in [0.25, 0.3) is 0 Å². The third-order valence-electron chi connectivity index (χ3n) is 4.14. The first-order valence-corrected chi connectivity index (χ1v) is 9.09. The van der Waals surface area contributed by atoms with E-state index in [0.29, 0.717) is 0 Å². The quantitative estimate of drug-likeness (QED) is 0.784. The number of carbonyl (C=O) groups excluding carboxylic acids is 1. The van der Waals surface area contributed by atoms with Crippen molar-refractivity contribution in [3.05, 3.63) is 58.6 Å². The van der Waals surface area contributed by atoms with E-state index in [4.69, 9.17) is 0 Å². The van der Waals surface area contributed by atoms with Gasteiger partial charge in [-0.05, 0) is 67.9 Å². The summed E-state index contributed by atoms with van der Waals surface area (Å²) >= 11 is 3.39. The second kappa shape index (κ2) is 8.31. The number of hydrogen-bond donors (Lipinski definition) is 2. The molecule has 0 aromatic heterocycles. The van der Waals surface area contributed by atoms with Crippen LogP contribution in [0.15, 0.2) is 53.0 Å². The molecule has 2 aromatic carbocycles. The lowest BCUT2D eigenvalue weighted by Gasteiger charge is -2.15. The Hall–Kier alpha value is -1.85. The molecule has 2 N–H and O–H groups in total. The maximum absolute atomic E-state index is 12.0. The third-order valence-corrected chi connectivity index (χ3v) is 4.67. The van der Waals surface area contributed by atoms with Crippen LogP contribution < -0.4 is 10.6 Å². The number of rotatable bonds is 6. The van der Waals surface area contributed by atoms with E-state index in [2.05, 4.69) is 43.6 Å². The maximum atomic E-state index is 12.0. The van der Waals surface area contributed by atoms with Crippen LogP contribution in [0.5, 0.6) is 0 Å². The lowest BCUT2D eigenvalue weighted by atomic mass is 10.2. The van der Waals surface area contributed by atoms with E-state index in [0.717, 1.165) is 22.4 Å². The first-order chi connectivity index (χ1) is 11.7. The number of nitrogens with zero attached hydrogens (tertiary/aromatic N) is 1. The predicted molar refractivity (Wildman–Crippen MR) is 102 cm³/mol. The largest absolute Gasteiger partial charge is 0.376 e. The van der Waals surface area contributed by atoms with Gasteiger partial charge in [0, 0.05) is 22.4 Å². The highest BCUT2D eigenvalue weighted by atomic mass is 79.9. The van der Waals surface area contributed by atoms with Gasteiger partial charge in [0.05, 0.1) is 6.54 Å². The molecule has 0 aliphatic carbocycles. The zero-order valence-electron chi connectivity index (χ0n) is 13.6. The summed E-state index contributed by atoms with van der Waals surface area (Å²) in [6.07, 6.45) is 2.61. The Morgan fingerprint density at radius 2 is 1.58 bits per heavy atom. The van der Waals surface area contributed by atoms with Gasteiger partial charge in [-0.15, -0.1) is 0 Å². The lowest BCUT2D eigenvalue weighted by Crippen LogP contribution is -2.21. The summed E-state index contributed by atoms with van der Waals surface area (Å²) in [7, 11) is 0. The summed E-state index contributed by atoms with van der Waals surface area (Å²) in [5, 5.41) is 6.03. The summed E-state index contributed by atoms with van der Waals surface area (Å²) in [6.45, 7) is 3.64. The van der Waals surface area contributed by atoms with Crippen LogP contribution in [0.1, 0.15) is 18.4 Å². The first kappa shape index (κ1) is 17.0. The number of amides is 1.